The molecule has 70 valence electrons. The quantitative estimate of drug-likeness (QED) is 0.571. The first-order chi connectivity index (χ1) is 6.15. The van der Waals surface area contributed by atoms with E-state index >= 15 is 0 Å². The van der Waals surface area contributed by atoms with Crippen molar-refractivity contribution in [1.82, 2.24) is 4.98 Å². The van der Waals surface area contributed by atoms with Gasteiger partial charge in [0.2, 0.25) is 5.95 Å². The summed E-state index contributed by atoms with van der Waals surface area (Å²) in [4.78, 5) is 3.60. The van der Waals surface area contributed by atoms with Crippen molar-refractivity contribution in [1.29, 1.82) is 0 Å². The van der Waals surface area contributed by atoms with Crippen LogP contribution in [0.1, 0.15) is 23.6 Å². The third kappa shape index (κ3) is 2.36. The van der Waals surface area contributed by atoms with E-state index in [1.54, 1.807) is 19.1 Å². The van der Waals surface area contributed by atoms with Crippen LogP contribution in [-0.2, 0) is 0 Å². The first kappa shape index (κ1) is 9.86. The van der Waals surface area contributed by atoms with Crippen LogP contribution in [0.2, 0.25) is 0 Å². The van der Waals surface area contributed by atoms with E-state index in [1.165, 1.54) is 6.20 Å². The van der Waals surface area contributed by atoms with E-state index in [1.807, 2.05) is 0 Å². The standard InChI is InChI=1S/C10H13FN2/c1-3-4-9(12)8-5-7(2)10(11)13-6-8/h3,5-6,9H,1,4,12H2,2H3. The molecular weight excluding hydrogens is 167 g/mol. The van der Waals surface area contributed by atoms with Crippen molar-refractivity contribution >= 4 is 0 Å². The summed E-state index contributed by atoms with van der Waals surface area (Å²) in [6.45, 7) is 5.26. The number of nitrogens with zero attached hydrogens (tertiary/aromatic N) is 1. The van der Waals surface area contributed by atoms with Crippen LogP contribution < -0.4 is 5.73 Å². The molecule has 2 N–H and O–H groups in total. The van der Waals surface area contributed by atoms with Gasteiger partial charge in [-0.25, -0.2) is 4.98 Å². The SMILES string of the molecule is C=CCC(N)c1cnc(F)c(C)c1. The smallest absolute Gasteiger partial charge is 0.215 e. The molecule has 0 bridgehead atoms. The highest BCUT2D eigenvalue weighted by molar-refractivity contribution is 5.21. The van der Waals surface area contributed by atoms with Crippen LogP contribution in [0.15, 0.2) is 24.9 Å². The molecule has 0 aliphatic heterocycles. The van der Waals surface area contributed by atoms with Gasteiger partial charge in [-0.05, 0) is 25.0 Å². The van der Waals surface area contributed by atoms with E-state index in [-0.39, 0.29) is 6.04 Å². The summed E-state index contributed by atoms with van der Waals surface area (Å²) in [5, 5.41) is 0. The first-order valence-electron chi connectivity index (χ1n) is 4.13. The lowest BCUT2D eigenvalue weighted by atomic mass is 10.1. The van der Waals surface area contributed by atoms with Crippen LogP contribution in [0.5, 0.6) is 0 Å². The van der Waals surface area contributed by atoms with Gasteiger partial charge < -0.3 is 5.73 Å². The molecule has 0 spiro atoms. The molecule has 1 atom stereocenters. The zero-order chi connectivity index (χ0) is 9.84. The average molecular weight is 180 g/mol. The number of hydrogen-bond donors (Lipinski definition) is 1. The van der Waals surface area contributed by atoms with Gasteiger partial charge in [-0.1, -0.05) is 6.08 Å². The number of aryl methyl sites for hydroxylation is 1. The third-order valence-corrected chi connectivity index (χ3v) is 1.88. The molecule has 0 aromatic carbocycles. The number of aromatic nitrogens is 1. The Balaban J connectivity index is 2.89. The molecule has 0 fully saturated rings. The van der Waals surface area contributed by atoms with Gasteiger partial charge in [-0.15, -0.1) is 6.58 Å². The first-order valence-corrected chi connectivity index (χ1v) is 4.13. The van der Waals surface area contributed by atoms with Crippen molar-refractivity contribution in [2.75, 3.05) is 0 Å². The molecule has 0 aliphatic carbocycles. The second-order valence-corrected chi connectivity index (χ2v) is 3.01. The van der Waals surface area contributed by atoms with Crippen LogP contribution in [0.25, 0.3) is 0 Å². The molecule has 2 nitrogen and oxygen atoms in total. The topological polar surface area (TPSA) is 38.9 Å². The van der Waals surface area contributed by atoms with Crippen molar-refractivity contribution in [3.05, 3.63) is 42.0 Å². The summed E-state index contributed by atoms with van der Waals surface area (Å²) in [5.74, 6) is -0.436. The molecule has 0 amide bonds. The largest absolute Gasteiger partial charge is 0.324 e. The molecule has 13 heavy (non-hydrogen) atoms. The highest BCUT2D eigenvalue weighted by atomic mass is 19.1. The number of hydrogen-bond acceptors (Lipinski definition) is 2. The van der Waals surface area contributed by atoms with Gasteiger partial charge in [-0.2, -0.15) is 4.39 Å². The molecule has 0 saturated carbocycles. The Morgan fingerprint density at radius 3 is 3.00 bits per heavy atom. The summed E-state index contributed by atoms with van der Waals surface area (Å²) in [7, 11) is 0. The fraction of sp³-hybridized carbons (Fsp3) is 0.300. The van der Waals surface area contributed by atoms with Gasteiger partial charge in [0, 0.05) is 17.8 Å². The maximum absolute atomic E-state index is 12.8. The van der Waals surface area contributed by atoms with Crippen molar-refractivity contribution in [2.24, 2.45) is 5.73 Å². The Bertz CT molecular complexity index is 310. The normalized spacial score (nSPS) is 12.5. The lowest BCUT2D eigenvalue weighted by Crippen LogP contribution is -2.10. The lowest BCUT2D eigenvalue weighted by Gasteiger charge is -2.09. The van der Waals surface area contributed by atoms with E-state index < -0.39 is 5.95 Å². The molecule has 0 aliphatic rings. The third-order valence-electron chi connectivity index (χ3n) is 1.88. The number of pyridine rings is 1. The van der Waals surface area contributed by atoms with E-state index in [9.17, 15) is 4.39 Å². The molecule has 1 unspecified atom stereocenters. The molecule has 1 rings (SSSR count). The second kappa shape index (κ2) is 4.14. The van der Waals surface area contributed by atoms with Crippen LogP contribution >= 0.6 is 0 Å². The van der Waals surface area contributed by atoms with Crippen LogP contribution in [-0.4, -0.2) is 4.98 Å². The highest BCUT2D eigenvalue weighted by Crippen LogP contribution is 2.15. The minimum atomic E-state index is -0.436. The monoisotopic (exact) mass is 180 g/mol. The molecule has 1 heterocycles. The Morgan fingerprint density at radius 1 is 1.77 bits per heavy atom. The number of nitrogens with two attached hydrogens (primary N) is 1. The second-order valence-electron chi connectivity index (χ2n) is 3.01. The minimum absolute atomic E-state index is 0.135. The van der Waals surface area contributed by atoms with E-state index in [4.69, 9.17) is 5.73 Å². The lowest BCUT2D eigenvalue weighted by molar-refractivity contribution is 0.570. The summed E-state index contributed by atoms with van der Waals surface area (Å²) < 4.78 is 12.8. The van der Waals surface area contributed by atoms with Crippen molar-refractivity contribution < 1.29 is 4.39 Å². The predicted molar refractivity (Wildman–Crippen MR) is 50.7 cm³/mol. The summed E-state index contributed by atoms with van der Waals surface area (Å²) >= 11 is 0. The zero-order valence-electron chi connectivity index (χ0n) is 7.63. The zero-order valence-corrected chi connectivity index (χ0v) is 7.63. The summed E-state index contributed by atoms with van der Waals surface area (Å²) in [6, 6.07) is 1.58. The molecule has 1 aromatic rings. The van der Waals surface area contributed by atoms with Crippen LogP contribution in [0.3, 0.4) is 0 Å². The average Bonchev–Trinajstić information content (AvgIpc) is 2.10. The Morgan fingerprint density at radius 2 is 2.46 bits per heavy atom. The van der Waals surface area contributed by atoms with Crippen molar-refractivity contribution in [3.8, 4) is 0 Å². The van der Waals surface area contributed by atoms with Gasteiger partial charge in [0.05, 0.1) is 0 Å². The van der Waals surface area contributed by atoms with Gasteiger partial charge in [0.15, 0.2) is 0 Å². The van der Waals surface area contributed by atoms with E-state index in [0.29, 0.717) is 12.0 Å². The van der Waals surface area contributed by atoms with Crippen LogP contribution in [0.4, 0.5) is 4.39 Å². The van der Waals surface area contributed by atoms with Crippen molar-refractivity contribution in [2.45, 2.75) is 19.4 Å². The molecule has 0 radical (unpaired) electrons. The van der Waals surface area contributed by atoms with E-state index in [0.717, 1.165) is 5.56 Å². The van der Waals surface area contributed by atoms with Crippen molar-refractivity contribution in [3.63, 3.8) is 0 Å². The molecular formula is C10H13FN2. The summed E-state index contributed by atoms with van der Waals surface area (Å²) in [6.07, 6.45) is 3.88. The number of rotatable bonds is 3. The Kier molecular flexibility index (Phi) is 3.14. The summed E-state index contributed by atoms with van der Waals surface area (Å²) in [5.41, 5.74) is 7.16. The Labute approximate surface area is 77.3 Å². The van der Waals surface area contributed by atoms with Gasteiger partial charge in [0.1, 0.15) is 0 Å². The minimum Gasteiger partial charge on any atom is -0.324 e. The molecule has 3 heteroatoms. The van der Waals surface area contributed by atoms with Gasteiger partial charge >= 0.3 is 0 Å². The fourth-order valence-corrected chi connectivity index (χ4v) is 1.10. The molecule has 1 aromatic heterocycles. The maximum Gasteiger partial charge on any atom is 0.215 e. The predicted octanol–water partition coefficient (Wildman–Crippen LogP) is 2.11. The Hall–Kier alpha value is -1.22. The maximum atomic E-state index is 12.8. The fourth-order valence-electron chi connectivity index (χ4n) is 1.10. The highest BCUT2D eigenvalue weighted by Gasteiger charge is 2.06. The van der Waals surface area contributed by atoms with Gasteiger partial charge in [0.25, 0.3) is 0 Å². The van der Waals surface area contributed by atoms with E-state index in [2.05, 4.69) is 11.6 Å². The molecule has 0 saturated heterocycles. The van der Waals surface area contributed by atoms with Gasteiger partial charge in [-0.3, -0.25) is 0 Å². The van der Waals surface area contributed by atoms with Crippen LogP contribution in [0, 0.1) is 12.9 Å². The number of halogens is 1.